The van der Waals surface area contributed by atoms with E-state index in [0.717, 1.165) is 3.57 Å². The summed E-state index contributed by atoms with van der Waals surface area (Å²) in [6.07, 6.45) is 1.68. The molecule has 2 rings (SSSR count). The topological polar surface area (TPSA) is 54.0 Å². The van der Waals surface area contributed by atoms with Gasteiger partial charge in [-0.15, -0.1) is 0 Å². The zero-order valence-electron chi connectivity index (χ0n) is 10.4. The highest BCUT2D eigenvalue weighted by molar-refractivity contribution is 14.1. The Labute approximate surface area is 150 Å². The Hall–Kier alpha value is -0.960. The second-order valence-corrected chi connectivity index (χ2v) is 6.31. The first-order valence-electron chi connectivity index (χ1n) is 5.65. The number of hydrogen-bond donors (Lipinski definition) is 2. The first kappa shape index (κ1) is 16.4. The van der Waals surface area contributed by atoms with Crippen LogP contribution in [0.25, 0.3) is 0 Å². The Bertz CT molecular complexity index is 694. The van der Waals surface area contributed by atoms with E-state index in [0.29, 0.717) is 10.8 Å². The van der Waals surface area contributed by atoms with Gasteiger partial charge in [-0.2, -0.15) is 0 Å². The molecule has 4 nitrogen and oxygen atoms in total. The van der Waals surface area contributed by atoms with Gasteiger partial charge in [0.15, 0.2) is 5.11 Å². The zero-order valence-corrected chi connectivity index (χ0v) is 14.8. The first-order chi connectivity index (χ1) is 9.97. The third-order valence-electron chi connectivity index (χ3n) is 2.39. The number of nitrogens with zero attached hydrogens (tertiary/aromatic N) is 1. The fourth-order valence-electron chi connectivity index (χ4n) is 1.45. The summed E-state index contributed by atoms with van der Waals surface area (Å²) in [7, 11) is 0. The molecule has 2 aromatic rings. The van der Waals surface area contributed by atoms with Crippen molar-refractivity contribution < 1.29 is 4.79 Å². The van der Waals surface area contributed by atoms with Crippen molar-refractivity contribution in [1.29, 1.82) is 0 Å². The molecule has 0 aliphatic carbocycles. The molecule has 1 amide bonds. The summed E-state index contributed by atoms with van der Waals surface area (Å²) in [5.74, 6) is 0.100. The smallest absolute Gasteiger partial charge is 0.258 e. The van der Waals surface area contributed by atoms with Crippen LogP contribution in [0.2, 0.25) is 10.0 Å². The number of carbonyl (C=O) groups excluding carboxylic acids is 1. The molecule has 1 heterocycles. The predicted molar refractivity (Wildman–Crippen MR) is 97.1 cm³/mol. The molecule has 0 aliphatic rings. The quantitative estimate of drug-likeness (QED) is 0.532. The van der Waals surface area contributed by atoms with E-state index < -0.39 is 5.91 Å². The number of pyridine rings is 1. The Kier molecular flexibility index (Phi) is 5.74. The van der Waals surface area contributed by atoms with Crippen LogP contribution in [0.15, 0.2) is 36.5 Å². The lowest BCUT2D eigenvalue weighted by molar-refractivity contribution is 0.0978. The van der Waals surface area contributed by atoms with Crippen molar-refractivity contribution in [3.63, 3.8) is 0 Å². The second kappa shape index (κ2) is 7.35. The highest BCUT2D eigenvalue weighted by Gasteiger charge is 2.13. The minimum Gasteiger partial charge on any atom is -0.317 e. The molecule has 0 aliphatic heterocycles. The van der Waals surface area contributed by atoms with E-state index in [-0.39, 0.29) is 15.7 Å². The molecule has 0 saturated carbocycles. The molecule has 0 fully saturated rings. The standard InChI is InChI=1S/C13H8Cl2IN3OS/c14-9-3-1-2-8(11(9)15)12(20)19-13(21)18-10-5-4-7(16)6-17-10/h1-6H,(H2,17,18,19,20,21). The molecular formula is C13H8Cl2IN3OS. The minimum atomic E-state index is -0.439. The van der Waals surface area contributed by atoms with Gasteiger partial charge in [0, 0.05) is 9.77 Å². The molecule has 2 N–H and O–H groups in total. The summed E-state index contributed by atoms with van der Waals surface area (Å²) in [4.78, 5) is 16.2. The Balaban J connectivity index is 2.04. The lowest BCUT2D eigenvalue weighted by atomic mass is 10.2. The third kappa shape index (κ3) is 4.50. The third-order valence-corrected chi connectivity index (χ3v) is 4.05. The number of anilines is 1. The van der Waals surface area contributed by atoms with Crippen LogP contribution >= 0.6 is 58.0 Å². The lowest BCUT2D eigenvalue weighted by Crippen LogP contribution is -2.34. The number of carbonyl (C=O) groups is 1. The van der Waals surface area contributed by atoms with E-state index >= 15 is 0 Å². The molecule has 0 saturated heterocycles. The largest absolute Gasteiger partial charge is 0.317 e. The molecule has 8 heteroatoms. The molecular weight excluding hydrogens is 444 g/mol. The van der Waals surface area contributed by atoms with Gasteiger partial charge in [-0.25, -0.2) is 4.98 Å². The van der Waals surface area contributed by atoms with Gasteiger partial charge >= 0.3 is 0 Å². The van der Waals surface area contributed by atoms with Crippen LogP contribution < -0.4 is 10.6 Å². The van der Waals surface area contributed by atoms with E-state index in [4.69, 9.17) is 35.4 Å². The number of halogens is 3. The van der Waals surface area contributed by atoms with Gasteiger partial charge in [0.25, 0.3) is 5.91 Å². The van der Waals surface area contributed by atoms with Crippen LogP contribution in [0, 0.1) is 3.57 Å². The summed E-state index contributed by atoms with van der Waals surface area (Å²) in [5.41, 5.74) is 0.254. The zero-order chi connectivity index (χ0) is 15.4. The number of benzene rings is 1. The molecule has 0 bridgehead atoms. The van der Waals surface area contributed by atoms with E-state index in [1.54, 1.807) is 30.5 Å². The Morgan fingerprint density at radius 1 is 1.24 bits per heavy atom. The van der Waals surface area contributed by atoms with Gasteiger partial charge < -0.3 is 5.32 Å². The van der Waals surface area contributed by atoms with Crippen molar-refractivity contribution in [2.75, 3.05) is 5.32 Å². The predicted octanol–water partition coefficient (Wildman–Crippen LogP) is 4.12. The molecule has 0 atom stereocenters. The normalized spacial score (nSPS) is 10.0. The van der Waals surface area contributed by atoms with E-state index in [2.05, 4.69) is 38.2 Å². The fraction of sp³-hybridized carbons (Fsp3) is 0. The summed E-state index contributed by atoms with van der Waals surface area (Å²) in [6, 6.07) is 8.43. The minimum absolute atomic E-state index is 0.129. The van der Waals surface area contributed by atoms with E-state index in [9.17, 15) is 4.79 Å². The van der Waals surface area contributed by atoms with Crippen LogP contribution in [0.4, 0.5) is 5.82 Å². The van der Waals surface area contributed by atoms with Crippen molar-refractivity contribution in [1.82, 2.24) is 10.3 Å². The number of amides is 1. The second-order valence-electron chi connectivity index (χ2n) is 3.87. The molecule has 1 aromatic heterocycles. The van der Waals surface area contributed by atoms with Crippen molar-refractivity contribution >= 4 is 74.8 Å². The summed E-state index contributed by atoms with van der Waals surface area (Å²) < 4.78 is 0.999. The van der Waals surface area contributed by atoms with E-state index in [1.165, 1.54) is 0 Å². The number of hydrogen-bond acceptors (Lipinski definition) is 3. The maximum absolute atomic E-state index is 12.1. The van der Waals surface area contributed by atoms with Crippen molar-refractivity contribution in [2.45, 2.75) is 0 Å². The fourth-order valence-corrected chi connectivity index (χ4v) is 2.35. The molecule has 0 unspecified atom stereocenters. The summed E-state index contributed by atoms with van der Waals surface area (Å²) in [5, 5.41) is 5.96. The van der Waals surface area contributed by atoms with E-state index in [1.807, 2.05) is 6.07 Å². The molecule has 0 radical (unpaired) electrons. The molecule has 108 valence electrons. The number of thiocarbonyl (C=S) groups is 1. The van der Waals surface area contributed by atoms with Crippen molar-refractivity contribution in [3.05, 3.63) is 55.7 Å². The van der Waals surface area contributed by atoms with Crippen LogP contribution in [-0.2, 0) is 0 Å². The Morgan fingerprint density at radius 3 is 2.67 bits per heavy atom. The highest BCUT2D eigenvalue weighted by Crippen LogP contribution is 2.25. The van der Waals surface area contributed by atoms with Crippen molar-refractivity contribution in [2.24, 2.45) is 0 Å². The molecule has 21 heavy (non-hydrogen) atoms. The number of nitrogens with one attached hydrogen (secondary N) is 2. The van der Waals surface area contributed by atoms with Crippen LogP contribution in [0.1, 0.15) is 10.4 Å². The average molecular weight is 452 g/mol. The van der Waals surface area contributed by atoms with Crippen molar-refractivity contribution in [3.8, 4) is 0 Å². The van der Waals surface area contributed by atoms with Gasteiger partial charge in [-0.1, -0.05) is 29.3 Å². The lowest BCUT2D eigenvalue weighted by Gasteiger charge is -2.10. The van der Waals surface area contributed by atoms with Crippen LogP contribution in [-0.4, -0.2) is 16.0 Å². The SMILES string of the molecule is O=C(NC(=S)Nc1ccc(I)cn1)c1cccc(Cl)c1Cl. The van der Waals surface area contributed by atoms with Gasteiger partial charge in [0.2, 0.25) is 0 Å². The van der Waals surface area contributed by atoms with Crippen LogP contribution in [0.5, 0.6) is 0 Å². The van der Waals surface area contributed by atoms with Gasteiger partial charge in [-0.3, -0.25) is 10.1 Å². The summed E-state index contributed by atoms with van der Waals surface area (Å²) >= 11 is 19.1. The number of aromatic nitrogens is 1. The van der Waals surface area contributed by atoms with Gasteiger partial charge in [0.1, 0.15) is 5.82 Å². The molecule has 1 aromatic carbocycles. The number of rotatable bonds is 2. The van der Waals surface area contributed by atoms with Gasteiger partial charge in [-0.05, 0) is 59.1 Å². The maximum atomic E-state index is 12.1. The average Bonchev–Trinajstić information content (AvgIpc) is 2.44. The maximum Gasteiger partial charge on any atom is 0.258 e. The highest BCUT2D eigenvalue weighted by atomic mass is 127. The summed E-state index contributed by atoms with van der Waals surface area (Å²) in [6.45, 7) is 0. The van der Waals surface area contributed by atoms with Crippen LogP contribution in [0.3, 0.4) is 0 Å². The van der Waals surface area contributed by atoms with Gasteiger partial charge in [0.05, 0.1) is 15.6 Å². The first-order valence-corrected chi connectivity index (χ1v) is 7.89. The Morgan fingerprint density at radius 2 is 2.00 bits per heavy atom. The monoisotopic (exact) mass is 451 g/mol. The molecule has 0 spiro atoms.